The second-order valence-electron chi connectivity index (χ2n) is 6.39. The van der Waals surface area contributed by atoms with Gasteiger partial charge in [-0.15, -0.1) is 0 Å². The summed E-state index contributed by atoms with van der Waals surface area (Å²) in [6.45, 7) is 0. The largest absolute Gasteiger partial charge is 0.459 e. The maximum Gasteiger partial charge on any atom is 0.265 e. The Labute approximate surface area is 195 Å². The van der Waals surface area contributed by atoms with Crippen LogP contribution in [0.3, 0.4) is 0 Å². The molecule has 0 fully saturated rings. The molecule has 0 unspecified atom stereocenters. The lowest BCUT2D eigenvalue weighted by Gasteiger charge is -2.05. The molecule has 1 N–H and O–H groups in total. The van der Waals surface area contributed by atoms with Crippen LogP contribution in [0.25, 0.3) is 11.7 Å². The van der Waals surface area contributed by atoms with Crippen molar-refractivity contribution < 1.29 is 26.4 Å². The fraction of sp³-hybridized carbons (Fsp3) is 0.0476. The summed E-state index contributed by atoms with van der Waals surface area (Å²) >= 11 is 4.15. The monoisotopic (exact) mass is 536 g/mol. The van der Waals surface area contributed by atoms with Crippen LogP contribution in [0.15, 0.2) is 95.2 Å². The van der Waals surface area contributed by atoms with Gasteiger partial charge < -0.3 is 14.2 Å². The average Bonchev–Trinajstić information content (AvgIpc) is 3.44. The fourth-order valence-corrected chi connectivity index (χ4v) is 5.24. The molecule has 0 aliphatic carbocycles. The number of benzene rings is 2. The van der Waals surface area contributed by atoms with Crippen LogP contribution in [0.2, 0.25) is 0 Å². The fourth-order valence-electron chi connectivity index (χ4n) is 2.65. The Kier molecular flexibility index (Phi) is 6.49. The summed E-state index contributed by atoms with van der Waals surface area (Å²) in [4.78, 5) is 16.5. The van der Waals surface area contributed by atoms with Gasteiger partial charge in [0.25, 0.3) is 5.89 Å². The summed E-state index contributed by atoms with van der Waals surface area (Å²) in [7, 11) is -4.03. The lowest BCUT2D eigenvalue weighted by atomic mass is 10.3. The molecular formula is C21H14BrFN2O5S2. The van der Waals surface area contributed by atoms with Gasteiger partial charge in [-0.25, -0.2) is 12.8 Å². The lowest BCUT2D eigenvalue weighted by molar-refractivity contribution is -0.113. The predicted molar refractivity (Wildman–Crippen MR) is 120 cm³/mol. The Bertz CT molecular complexity index is 1340. The van der Waals surface area contributed by atoms with Crippen molar-refractivity contribution in [3.63, 3.8) is 0 Å². The summed E-state index contributed by atoms with van der Waals surface area (Å²) in [6, 6.07) is 14.6. The predicted octanol–water partition coefficient (Wildman–Crippen LogP) is 5.40. The third-order valence-electron chi connectivity index (χ3n) is 4.14. The molecule has 0 aliphatic heterocycles. The number of oxazole rings is 1. The van der Waals surface area contributed by atoms with Crippen LogP contribution >= 0.6 is 27.7 Å². The highest BCUT2D eigenvalue weighted by Gasteiger charge is 2.29. The van der Waals surface area contributed by atoms with Crippen LogP contribution in [0.1, 0.15) is 0 Å². The number of halogens is 2. The third kappa shape index (κ3) is 4.95. The quantitative estimate of drug-likeness (QED) is 0.315. The molecule has 0 saturated carbocycles. The number of hydrogen-bond donors (Lipinski definition) is 1. The second kappa shape index (κ2) is 9.31. The zero-order chi connectivity index (χ0) is 22.7. The summed E-state index contributed by atoms with van der Waals surface area (Å²) in [5.41, 5.74) is 0.411. The highest BCUT2D eigenvalue weighted by atomic mass is 79.9. The van der Waals surface area contributed by atoms with Crippen molar-refractivity contribution in [2.24, 2.45) is 0 Å². The molecule has 2 aromatic heterocycles. The first kappa shape index (κ1) is 22.3. The highest BCUT2D eigenvalue weighted by Crippen LogP contribution is 2.35. The maximum absolute atomic E-state index is 13.2. The van der Waals surface area contributed by atoms with E-state index in [-0.39, 0.29) is 32.4 Å². The summed E-state index contributed by atoms with van der Waals surface area (Å²) in [5.74, 6) is -0.781. The Hall–Kier alpha value is -2.89. The number of carbonyl (C=O) groups is 1. The number of anilines is 1. The smallest absolute Gasteiger partial charge is 0.265 e. The molecule has 0 spiro atoms. The van der Waals surface area contributed by atoms with Crippen molar-refractivity contribution >= 4 is 49.1 Å². The average molecular weight is 537 g/mol. The van der Waals surface area contributed by atoms with Crippen LogP contribution < -0.4 is 5.32 Å². The van der Waals surface area contributed by atoms with E-state index in [0.29, 0.717) is 5.69 Å². The maximum atomic E-state index is 13.2. The molecule has 2 aromatic carbocycles. The van der Waals surface area contributed by atoms with Gasteiger partial charge >= 0.3 is 0 Å². The van der Waals surface area contributed by atoms with Gasteiger partial charge in [-0.1, -0.05) is 27.7 Å². The Morgan fingerprint density at radius 3 is 2.47 bits per heavy atom. The molecule has 7 nitrogen and oxygen atoms in total. The van der Waals surface area contributed by atoms with Crippen LogP contribution in [0.5, 0.6) is 0 Å². The number of amides is 1. The number of carbonyl (C=O) groups excluding carboxylic acids is 1. The second-order valence-corrected chi connectivity index (χ2v) is 10.1. The topological polar surface area (TPSA) is 102 Å². The molecule has 1 amide bonds. The van der Waals surface area contributed by atoms with Gasteiger partial charge in [0.1, 0.15) is 5.82 Å². The van der Waals surface area contributed by atoms with E-state index in [0.717, 1.165) is 16.2 Å². The van der Waals surface area contributed by atoms with E-state index in [9.17, 15) is 17.6 Å². The van der Waals surface area contributed by atoms with E-state index in [1.165, 1.54) is 42.7 Å². The molecule has 2 heterocycles. The van der Waals surface area contributed by atoms with Crippen molar-refractivity contribution in [1.29, 1.82) is 0 Å². The lowest BCUT2D eigenvalue weighted by Crippen LogP contribution is -2.14. The van der Waals surface area contributed by atoms with Crippen molar-refractivity contribution in [2.75, 3.05) is 11.1 Å². The van der Waals surface area contributed by atoms with Crippen molar-refractivity contribution in [3.05, 3.63) is 77.2 Å². The standard InChI is InChI=1S/C21H14BrFN2O5S2/c22-13-3-9-16(10-4-13)32(27,28)20-21(30-19(25-20)17-2-1-11-29-17)31-12-18(26)24-15-7-5-14(23)6-8-15/h1-11H,12H2,(H,24,26). The van der Waals surface area contributed by atoms with E-state index < -0.39 is 21.6 Å². The number of thioether (sulfide) groups is 1. The normalized spacial score (nSPS) is 11.4. The molecule has 32 heavy (non-hydrogen) atoms. The van der Waals surface area contributed by atoms with Crippen molar-refractivity contribution in [3.8, 4) is 11.7 Å². The Balaban J connectivity index is 1.61. The summed E-state index contributed by atoms with van der Waals surface area (Å²) in [5, 5.41) is 2.25. The van der Waals surface area contributed by atoms with Gasteiger partial charge in [-0.3, -0.25) is 4.79 Å². The van der Waals surface area contributed by atoms with Gasteiger partial charge in [0.05, 0.1) is 16.9 Å². The zero-order valence-corrected chi connectivity index (χ0v) is 19.3. The molecule has 0 bridgehead atoms. The molecule has 0 atom stereocenters. The number of hydrogen-bond acceptors (Lipinski definition) is 7. The molecule has 4 aromatic rings. The molecule has 0 radical (unpaired) electrons. The highest BCUT2D eigenvalue weighted by molar-refractivity contribution is 9.10. The summed E-state index contributed by atoms with van der Waals surface area (Å²) in [6.07, 6.45) is 1.41. The van der Waals surface area contributed by atoms with Gasteiger partial charge in [-0.05, 0) is 60.7 Å². The van der Waals surface area contributed by atoms with Crippen molar-refractivity contribution in [1.82, 2.24) is 4.98 Å². The van der Waals surface area contributed by atoms with E-state index in [1.54, 1.807) is 24.3 Å². The molecule has 4 rings (SSSR count). The van der Waals surface area contributed by atoms with E-state index in [2.05, 4.69) is 26.2 Å². The van der Waals surface area contributed by atoms with Gasteiger partial charge in [0.15, 0.2) is 5.76 Å². The van der Waals surface area contributed by atoms with Crippen LogP contribution in [0.4, 0.5) is 10.1 Å². The number of nitrogens with one attached hydrogen (secondary N) is 1. The van der Waals surface area contributed by atoms with E-state index in [4.69, 9.17) is 8.83 Å². The summed E-state index contributed by atoms with van der Waals surface area (Å²) < 4.78 is 51.1. The van der Waals surface area contributed by atoms with Gasteiger partial charge in [0, 0.05) is 10.2 Å². The Morgan fingerprint density at radius 2 is 1.81 bits per heavy atom. The van der Waals surface area contributed by atoms with Gasteiger partial charge in [0.2, 0.25) is 25.9 Å². The number of aromatic nitrogens is 1. The third-order valence-corrected chi connectivity index (χ3v) is 7.42. The molecule has 164 valence electrons. The van der Waals surface area contributed by atoms with Crippen LogP contribution in [-0.2, 0) is 14.6 Å². The van der Waals surface area contributed by atoms with Crippen LogP contribution in [0, 0.1) is 5.82 Å². The van der Waals surface area contributed by atoms with E-state index >= 15 is 0 Å². The molecule has 0 saturated heterocycles. The minimum atomic E-state index is -4.03. The van der Waals surface area contributed by atoms with Gasteiger partial charge in [-0.2, -0.15) is 4.98 Å². The zero-order valence-electron chi connectivity index (χ0n) is 16.1. The molecular weight excluding hydrogens is 523 g/mol. The minimum absolute atomic E-state index is 0.0212. The van der Waals surface area contributed by atoms with Crippen LogP contribution in [-0.4, -0.2) is 25.1 Å². The Morgan fingerprint density at radius 1 is 1.09 bits per heavy atom. The molecule has 0 aliphatic rings. The van der Waals surface area contributed by atoms with Crippen molar-refractivity contribution in [2.45, 2.75) is 15.0 Å². The SMILES string of the molecule is O=C(CSc1oc(-c2ccco2)nc1S(=O)(=O)c1ccc(Br)cc1)Nc1ccc(F)cc1. The number of sulfone groups is 1. The number of furan rings is 1. The number of rotatable bonds is 7. The number of nitrogens with zero attached hydrogens (tertiary/aromatic N) is 1. The van der Waals surface area contributed by atoms with E-state index in [1.807, 2.05) is 0 Å². The first-order chi connectivity index (χ1) is 15.3. The minimum Gasteiger partial charge on any atom is -0.459 e. The molecule has 11 heteroatoms. The first-order valence-electron chi connectivity index (χ1n) is 9.06. The first-order valence-corrected chi connectivity index (χ1v) is 12.3.